The lowest BCUT2D eigenvalue weighted by Crippen LogP contribution is -1.97. The Hall–Kier alpha value is -2.33. The van der Waals surface area contributed by atoms with E-state index < -0.39 is 5.82 Å². The highest BCUT2D eigenvalue weighted by Gasteiger charge is 2.08. The summed E-state index contributed by atoms with van der Waals surface area (Å²) in [4.78, 5) is 4.24. The molecule has 0 bridgehead atoms. The maximum atomic E-state index is 13.8. The fraction of sp³-hybridized carbons (Fsp3) is 0. The second-order valence-corrected chi connectivity index (χ2v) is 4.79. The van der Waals surface area contributed by atoms with E-state index in [2.05, 4.69) is 10.3 Å². The van der Waals surface area contributed by atoms with Crippen molar-refractivity contribution in [3.8, 4) is 0 Å². The van der Waals surface area contributed by atoms with Crippen molar-refractivity contribution >= 4 is 39.6 Å². The van der Waals surface area contributed by atoms with Gasteiger partial charge in [-0.1, -0.05) is 11.6 Å². The number of fused-ring (bicyclic) bond motifs is 1. The highest BCUT2D eigenvalue weighted by Crippen LogP contribution is 2.30. The fourth-order valence-corrected chi connectivity index (χ4v) is 2.20. The zero-order valence-electron chi connectivity index (χ0n) is 10.4. The van der Waals surface area contributed by atoms with E-state index in [4.69, 9.17) is 17.3 Å². The minimum absolute atomic E-state index is 0.351. The Balaban J connectivity index is 2.09. The van der Waals surface area contributed by atoms with Crippen LogP contribution in [0.2, 0.25) is 5.02 Å². The van der Waals surface area contributed by atoms with Gasteiger partial charge < -0.3 is 11.1 Å². The molecule has 20 heavy (non-hydrogen) atoms. The Morgan fingerprint density at radius 1 is 1.10 bits per heavy atom. The monoisotopic (exact) mass is 287 g/mol. The fourth-order valence-electron chi connectivity index (χ4n) is 2.04. The lowest BCUT2D eigenvalue weighted by Gasteiger charge is -2.11. The van der Waals surface area contributed by atoms with Gasteiger partial charge in [-0.25, -0.2) is 4.39 Å². The quantitative estimate of drug-likeness (QED) is 0.689. The maximum Gasteiger partial charge on any atom is 0.148 e. The average Bonchev–Trinajstić information content (AvgIpc) is 2.45. The molecular formula is C15H11ClFN3. The summed E-state index contributed by atoms with van der Waals surface area (Å²) in [7, 11) is 0. The number of nitrogens with two attached hydrogens (primary N) is 1. The molecule has 0 spiro atoms. The lowest BCUT2D eigenvalue weighted by molar-refractivity contribution is 0.632. The molecule has 0 aliphatic rings. The molecule has 0 aliphatic carbocycles. The molecule has 0 unspecified atom stereocenters. The van der Waals surface area contributed by atoms with Gasteiger partial charge in [0.25, 0.3) is 0 Å². The number of nitrogens with zero attached hydrogens (tertiary/aromatic N) is 1. The molecule has 0 fully saturated rings. The van der Waals surface area contributed by atoms with Gasteiger partial charge in [0.1, 0.15) is 5.82 Å². The molecule has 100 valence electrons. The number of pyridine rings is 1. The molecule has 3 nitrogen and oxygen atoms in total. The van der Waals surface area contributed by atoms with Gasteiger partial charge in [-0.15, -0.1) is 0 Å². The Labute approximate surface area is 120 Å². The molecule has 3 rings (SSSR count). The van der Waals surface area contributed by atoms with E-state index in [1.165, 1.54) is 6.07 Å². The van der Waals surface area contributed by atoms with Crippen LogP contribution >= 0.6 is 11.6 Å². The van der Waals surface area contributed by atoms with Crippen molar-refractivity contribution in [1.29, 1.82) is 0 Å². The minimum atomic E-state index is -0.411. The van der Waals surface area contributed by atoms with E-state index in [9.17, 15) is 4.39 Å². The summed E-state index contributed by atoms with van der Waals surface area (Å²) in [6.45, 7) is 0. The predicted octanol–water partition coefficient (Wildman–Crippen LogP) is 4.35. The molecule has 1 heterocycles. The molecule has 0 aliphatic heterocycles. The number of aromatic nitrogens is 1. The third-order valence-electron chi connectivity index (χ3n) is 3.00. The van der Waals surface area contributed by atoms with Crippen LogP contribution in [-0.4, -0.2) is 4.98 Å². The SMILES string of the molecule is Nc1ccc(Nc2ccc(Cl)cc2F)c2cccnc12. The van der Waals surface area contributed by atoms with Crippen LogP contribution in [0.1, 0.15) is 0 Å². The molecule has 0 atom stereocenters. The number of anilines is 3. The van der Waals surface area contributed by atoms with Crippen molar-refractivity contribution in [3.63, 3.8) is 0 Å². The lowest BCUT2D eigenvalue weighted by atomic mass is 10.1. The van der Waals surface area contributed by atoms with E-state index in [1.54, 1.807) is 30.5 Å². The van der Waals surface area contributed by atoms with Gasteiger partial charge >= 0.3 is 0 Å². The molecule has 3 aromatic rings. The van der Waals surface area contributed by atoms with Gasteiger partial charge in [0.2, 0.25) is 0 Å². The van der Waals surface area contributed by atoms with Crippen LogP contribution in [0.5, 0.6) is 0 Å². The number of nitrogens with one attached hydrogen (secondary N) is 1. The Morgan fingerprint density at radius 2 is 1.90 bits per heavy atom. The smallest absolute Gasteiger partial charge is 0.148 e. The molecule has 0 radical (unpaired) electrons. The average molecular weight is 288 g/mol. The van der Waals surface area contributed by atoms with E-state index >= 15 is 0 Å². The van der Waals surface area contributed by atoms with Gasteiger partial charge in [-0.05, 0) is 42.5 Å². The molecule has 2 aromatic carbocycles. The van der Waals surface area contributed by atoms with Crippen LogP contribution in [0.3, 0.4) is 0 Å². The topological polar surface area (TPSA) is 50.9 Å². The zero-order chi connectivity index (χ0) is 14.1. The number of halogens is 2. The number of rotatable bonds is 2. The first-order valence-corrected chi connectivity index (χ1v) is 6.38. The molecule has 3 N–H and O–H groups in total. The summed E-state index contributed by atoms with van der Waals surface area (Å²) >= 11 is 5.74. The number of nitrogen functional groups attached to an aromatic ring is 1. The van der Waals surface area contributed by atoms with Gasteiger partial charge in [-0.3, -0.25) is 4.98 Å². The van der Waals surface area contributed by atoms with Crippen molar-refractivity contribution in [2.75, 3.05) is 11.1 Å². The third-order valence-corrected chi connectivity index (χ3v) is 3.24. The highest BCUT2D eigenvalue weighted by molar-refractivity contribution is 6.30. The maximum absolute atomic E-state index is 13.8. The van der Waals surface area contributed by atoms with Crippen LogP contribution in [0.25, 0.3) is 10.9 Å². The Kier molecular flexibility index (Phi) is 3.16. The molecule has 5 heteroatoms. The summed E-state index contributed by atoms with van der Waals surface area (Å²) in [6.07, 6.45) is 1.67. The first-order chi connectivity index (χ1) is 9.65. The number of hydrogen-bond donors (Lipinski definition) is 2. The summed E-state index contributed by atoms with van der Waals surface area (Å²) in [5.74, 6) is -0.411. The molecule has 0 amide bonds. The van der Waals surface area contributed by atoms with E-state index in [-0.39, 0.29) is 0 Å². The van der Waals surface area contributed by atoms with Gasteiger partial charge in [0.05, 0.1) is 16.9 Å². The molecule has 0 saturated carbocycles. The van der Waals surface area contributed by atoms with Gasteiger partial charge in [0.15, 0.2) is 0 Å². The zero-order valence-corrected chi connectivity index (χ0v) is 11.2. The van der Waals surface area contributed by atoms with Gasteiger partial charge in [-0.2, -0.15) is 0 Å². The first-order valence-electron chi connectivity index (χ1n) is 6.00. The second-order valence-electron chi connectivity index (χ2n) is 4.35. The van der Waals surface area contributed by atoms with Crippen molar-refractivity contribution in [1.82, 2.24) is 4.98 Å². The normalized spacial score (nSPS) is 10.7. The van der Waals surface area contributed by atoms with E-state index in [0.29, 0.717) is 21.9 Å². The summed E-state index contributed by atoms with van der Waals surface area (Å²) in [6, 6.07) is 11.7. The van der Waals surface area contributed by atoms with Crippen LogP contribution in [0, 0.1) is 5.82 Å². The number of benzene rings is 2. The standard InChI is InChI=1S/C15H11ClFN3/c16-9-3-5-14(11(17)8-9)20-13-6-4-12(18)15-10(13)2-1-7-19-15/h1-8,20H,18H2. The number of hydrogen-bond acceptors (Lipinski definition) is 3. The van der Waals surface area contributed by atoms with Gasteiger partial charge in [0, 0.05) is 22.3 Å². The largest absolute Gasteiger partial charge is 0.397 e. The molecule has 0 saturated heterocycles. The van der Waals surface area contributed by atoms with Crippen molar-refractivity contribution in [2.24, 2.45) is 0 Å². The van der Waals surface area contributed by atoms with E-state index in [1.807, 2.05) is 12.1 Å². The highest BCUT2D eigenvalue weighted by atomic mass is 35.5. The summed E-state index contributed by atoms with van der Waals surface area (Å²) in [5.41, 5.74) is 8.25. The Bertz CT molecular complexity index is 789. The first kappa shape index (κ1) is 12.7. The van der Waals surface area contributed by atoms with Crippen molar-refractivity contribution in [3.05, 3.63) is 59.5 Å². The van der Waals surface area contributed by atoms with E-state index in [0.717, 1.165) is 11.1 Å². The third kappa shape index (κ3) is 2.26. The predicted molar refractivity (Wildman–Crippen MR) is 80.8 cm³/mol. The van der Waals surface area contributed by atoms with Crippen LogP contribution in [-0.2, 0) is 0 Å². The van der Waals surface area contributed by atoms with Crippen molar-refractivity contribution in [2.45, 2.75) is 0 Å². The van der Waals surface area contributed by atoms with Crippen LogP contribution in [0.4, 0.5) is 21.5 Å². The Morgan fingerprint density at radius 3 is 2.70 bits per heavy atom. The molecule has 1 aromatic heterocycles. The van der Waals surface area contributed by atoms with Crippen LogP contribution in [0.15, 0.2) is 48.7 Å². The minimum Gasteiger partial charge on any atom is -0.397 e. The van der Waals surface area contributed by atoms with Crippen molar-refractivity contribution < 1.29 is 4.39 Å². The summed E-state index contributed by atoms with van der Waals surface area (Å²) in [5, 5.41) is 4.23. The second kappa shape index (κ2) is 4.98. The molecular weight excluding hydrogens is 277 g/mol. The van der Waals surface area contributed by atoms with Crippen LogP contribution < -0.4 is 11.1 Å². The summed E-state index contributed by atoms with van der Waals surface area (Å²) < 4.78 is 13.8.